The molecule has 0 atom stereocenters. The minimum Gasteiger partial charge on any atom is -0.301 e. The summed E-state index contributed by atoms with van der Waals surface area (Å²) in [5.74, 6) is 2.14. The maximum atomic E-state index is 12.7. The number of amides is 1. The highest BCUT2D eigenvalue weighted by atomic mass is 32.1. The molecule has 21 heavy (non-hydrogen) atoms. The van der Waals surface area contributed by atoms with Gasteiger partial charge in [-0.2, -0.15) is 0 Å². The smallest absolute Gasteiger partial charge is 0.301 e. The molecule has 1 aromatic rings. The van der Waals surface area contributed by atoms with Crippen LogP contribution in [0.1, 0.15) is 38.5 Å². The molecule has 4 fully saturated rings. The molecule has 6 nitrogen and oxygen atoms in total. The summed E-state index contributed by atoms with van der Waals surface area (Å²) in [5, 5.41) is 13.8. The number of aromatic nitrogens is 1. The Hall–Kier alpha value is -1.50. The van der Waals surface area contributed by atoms with E-state index in [-0.39, 0.29) is 16.3 Å². The fraction of sp³-hybridized carbons (Fsp3) is 0.714. The van der Waals surface area contributed by atoms with Crippen molar-refractivity contribution in [3.8, 4) is 0 Å². The van der Waals surface area contributed by atoms with Gasteiger partial charge in [0.2, 0.25) is 5.91 Å². The van der Waals surface area contributed by atoms with Crippen LogP contribution in [0.4, 0.5) is 10.1 Å². The zero-order valence-electron chi connectivity index (χ0n) is 11.6. The van der Waals surface area contributed by atoms with Crippen LogP contribution in [-0.2, 0) is 4.79 Å². The van der Waals surface area contributed by atoms with Crippen molar-refractivity contribution in [2.75, 3.05) is 5.32 Å². The molecule has 4 aliphatic carbocycles. The zero-order chi connectivity index (χ0) is 14.6. The molecule has 0 unspecified atom stereocenters. The second-order valence-corrected chi connectivity index (χ2v) is 7.92. The van der Waals surface area contributed by atoms with Gasteiger partial charge >= 0.3 is 5.00 Å². The van der Waals surface area contributed by atoms with E-state index in [0.29, 0.717) is 22.9 Å². The van der Waals surface area contributed by atoms with Crippen LogP contribution in [0.15, 0.2) is 6.20 Å². The number of nitrogens with zero attached hydrogens (tertiary/aromatic N) is 2. The van der Waals surface area contributed by atoms with Crippen molar-refractivity contribution in [1.29, 1.82) is 0 Å². The maximum absolute atomic E-state index is 12.7. The Morgan fingerprint density at radius 3 is 2.33 bits per heavy atom. The van der Waals surface area contributed by atoms with Gasteiger partial charge in [0.25, 0.3) is 0 Å². The largest absolute Gasteiger partial charge is 0.345 e. The molecular weight excluding hydrogens is 290 g/mol. The average Bonchev–Trinajstić information content (AvgIpc) is 2.85. The van der Waals surface area contributed by atoms with E-state index in [1.807, 2.05) is 0 Å². The topological polar surface area (TPSA) is 85.1 Å². The van der Waals surface area contributed by atoms with Crippen LogP contribution in [0.3, 0.4) is 0 Å². The highest BCUT2D eigenvalue weighted by molar-refractivity contribution is 7.18. The summed E-state index contributed by atoms with van der Waals surface area (Å²) in [4.78, 5) is 26.9. The van der Waals surface area contributed by atoms with Gasteiger partial charge in [-0.15, -0.1) is 0 Å². The lowest BCUT2D eigenvalue weighted by Crippen LogP contribution is -2.51. The number of thiazole rings is 1. The first kappa shape index (κ1) is 13.2. The van der Waals surface area contributed by atoms with Gasteiger partial charge in [-0.25, -0.2) is 4.98 Å². The lowest BCUT2D eigenvalue weighted by molar-refractivity contribution is -0.380. The second-order valence-electron chi connectivity index (χ2n) is 6.91. The van der Waals surface area contributed by atoms with Gasteiger partial charge in [0, 0.05) is 0 Å². The van der Waals surface area contributed by atoms with Crippen LogP contribution < -0.4 is 5.32 Å². The van der Waals surface area contributed by atoms with Crippen molar-refractivity contribution in [2.45, 2.75) is 38.5 Å². The van der Waals surface area contributed by atoms with Gasteiger partial charge in [-0.1, -0.05) is 0 Å². The predicted octanol–water partition coefficient (Wildman–Crippen LogP) is 3.21. The van der Waals surface area contributed by atoms with Crippen LogP contribution in [0.25, 0.3) is 0 Å². The molecule has 1 aromatic heterocycles. The Balaban J connectivity index is 1.53. The molecule has 1 heterocycles. The fourth-order valence-electron chi connectivity index (χ4n) is 5.03. The molecule has 4 aliphatic rings. The SMILES string of the molecule is O=C(Nc1ncc([N+](=O)[O-])s1)C12CC3CC(CC(C3)C1)C2. The normalized spacial score (nSPS) is 36.7. The van der Waals surface area contributed by atoms with Gasteiger partial charge < -0.3 is 5.32 Å². The van der Waals surface area contributed by atoms with Crippen molar-refractivity contribution in [2.24, 2.45) is 23.2 Å². The number of nitro groups is 1. The summed E-state index contributed by atoms with van der Waals surface area (Å²) in [7, 11) is 0. The molecule has 112 valence electrons. The number of nitrogens with one attached hydrogen (secondary N) is 1. The highest BCUT2D eigenvalue weighted by Crippen LogP contribution is 2.60. The first-order valence-electron chi connectivity index (χ1n) is 7.46. The van der Waals surface area contributed by atoms with Crippen LogP contribution in [-0.4, -0.2) is 15.8 Å². The van der Waals surface area contributed by atoms with Gasteiger partial charge in [0.05, 0.1) is 10.3 Å². The van der Waals surface area contributed by atoms with Crippen molar-refractivity contribution in [1.82, 2.24) is 4.98 Å². The predicted molar refractivity (Wildman–Crippen MR) is 78.0 cm³/mol. The van der Waals surface area contributed by atoms with E-state index >= 15 is 0 Å². The van der Waals surface area contributed by atoms with Crippen LogP contribution in [0.5, 0.6) is 0 Å². The number of carbonyl (C=O) groups excluding carboxylic acids is 1. The molecule has 1 N–H and O–H groups in total. The minimum atomic E-state index is -0.474. The third-order valence-corrected chi connectivity index (χ3v) is 6.28. The van der Waals surface area contributed by atoms with Crippen molar-refractivity contribution in [3.63, 3.8) is 0 Å². The van der Waals surface area contributed by atoms with E-state index in [0.717, 1.165) is 30.6 Å². The lowest BCUT2D eigenvalue weighted by atomic mass is 9.49. The van der Waals surface area contributed by atoms with Crippen LogP contribution in [0.2, 0.25) is 0 Å². The quantitative estimate of drug-likeness (QED) is 0.686. The standard InChI is InChI=1S/C14H17N3O3S/c18-12(16-13-15-7-11(21-13)17(19)20)14-4-8-1-9(5-14)3-10(2-8)6-14/h7-10H,1-6H2,(H,15,16,18). The first-order chi connectivity index (χ1) is 10.0. The number of carbonyl (C=O) groups is 1. The lowest BCUT2D eigenvalue weighted by Gasteiger charge is -2.55. The van der Waals surface area contributed by atoms with E-state index in [9.17, 15) is 14.9 Å². The Bertz CT molecular complexity index is 577. The monoisotopic (exact) mass is 307 g/mol. The molecule has 0 spiro atoms. The van der Waals surface area contributed by atoms with E-state index in [1.165, 1.54) is 25.5 Å². The number of hydrogen-bond acceptors (Lipinski definition) is 5. The van der Waals surface area contributed by atoms with E-state index in [1.54, 1.807) is 0 Å². The average molecular weight is 307 g/mol. The van der Waals surface area contributed by atoms with Crippen LogP contribution in [0, 0.1) is 33.3 Å². The van der Waals surface area contributed by atoms with E-state index < -0.39 is 4.92 Å². The fourth-order valence-corrected chi connectivity index (χ4v) is 5.65. The summed E-state index contributed by atoms with van der Waals surface area (Å²) in [6.45, 7) is 0. The molecule has 7 heteroatoms. The van der Waals surface area contributed by atoms with Gasteiger partial charge in [0.1, 0.15) is 6.20 Å². The zero-order valence-corrected chi connectivity index (χ0v) is 12.4. The Labute approximate surface area is 126 Å². The first-order valence-corrected chi connectivity index (χ1v) is 8.27. The van der Waals surface area contributed by atoms with Gasteiger partial charge in [-0.3, -0.25) is 14.9 Å². The highest BCUT2D eigenvalue weighted by Gasteiger charge is 2.54. The molecule has 0 saturated heterocycles. The number of hydrogen-bond donors (Lipinski definition) is 1. The Kier molecular flexibility index (Phi) is 2.82. The molecule has 0 aliphatic heterocycles. The van der Waals surface area contributed by atoms with E-state index in [4.69, 9.17) is 0 Å². The molecule has 0 aromatic carbocycles. The molecule has 0 radical (unpaired) electrons. The van der Waals surface area contributed by atoms with Crippen LogP contribution >= 0.6 is 11.3 Å². The van der Waals surface area contributed by atoms with E-state index in [2.05, 4.69) is 10.3 Å². The molecule has 4 saturated carbocycles. The van der Waals surface area contributed by atoms with Gasteiger partial charge in [0.15, 0.2) is 5.13 Å². The molecular formula is C14H17N3O3S. The minimum absolute atomic E-state index is 0.0317. The summed E-state index contributed by atoms with van der Waals surface area (Å²) in [6, 6.07) is 0. The Morgan fingerprint density at radius 2 is 1.86 bits per heavy atom. The van der Waals surface area contributed by atoms with Crippen molar-refractivity contribution in [3.05, 3.63) is 16.3 Å². The van der Waals surface area contributed by atoms with Crippen molar-refractivity contribution >= 4 is 27.4 Å². The maximum Gasteiger partial charge on any atom is 0.345 e. The third kappa shape index (κ3) is 2.14. The molecule has 5 rings (SSSR count). The third-order valence-electron chi connectivity index (χ3n) is 5.41. The van der Waals surface area contributed by atoms with Crippen molar-refractivity contribution < 1.29 is 9.72 Å². The number of anilines is 1. The molecule has 4 bridgehead atoms. The molecule has 1 amide bonds. The van der Waals surface area contributed by atoms with Gasteiger partial charge in [-0.05, 0) is 67.6 Å². The summed E-state index contributed by atoms with van der Waals surface area (Å²) >= 11 is 0.931. The summed E-state index contributed by atoms with van der Waals surface area (Å²) < 4.78 is 0. The summed E-state index contributed by atoms with van der Waals surface area (Å²) in [6.07, 6.45) is 8.02. The number of rotatable bonds is 3. The second kappa shape index (κ2) is 4.50. The summed E-state index contributed by atoms with van der Waals surface area (Å²) in [5.41, 5.74) is -0.241. The Morgan fingerprint density at radius 1 is 1.29 bits per heavy atom.